The number of nitrogens with zero attached hydrogens (tertiary/aromatic N) is 1. The van der Waals surface area contributed by atoms with Crippen LogP contribution in [0.15, 0.2) is 42.5 Å². The topological polar surface area (TPSA) is 71.5 Å². The van der Waals surface area contributed by atoms with E-state index in [1.54, 1.807) is 31.4 Å². The number of carbonyl (C=O) groups excluding carboxylic acids is 1. The van der Waals surface area contributed by atoms with E-state index in [1.807, 2.05) is 19.1 Å². The molecular weight excluding hydrogens is 306 g/mol. The third-order valence-electron chi connectivity index (χ3n) is 3.86. The Morgan fingerprint density at radius 3 is 2.54 bits per heavy atom. The number of carboxylic acid groups (broad SMARTS) is 1. The van der Waals surface area contributed by atoms with Gasteiger partial charge in [-0.05, 0) is 37.3 Å². The van der Waals surface area contributed by atoms with Crippen LogP contribution in [-0.2, 0) is 0 Å². The van der Waals surface area contributed by atoms with E-state index in [-0.39, 0.29) is 5.56 Å². The summed E-state index contributed by atoms with van der Waals surface area (Å²) in [5, 5.41) is 12.1. The van der Waals surface area contributed by atoms with Gasteiger partial charge in [-0.3, -0.25) is 0 Å². The second-order valence-electron chi connectivity index (χ2n) is 5.40. The summed E-state index contributed by atoms with van der Waals surface area (Å²) in [6, 6.07) is 12.4. The average Bonchev–Trinajstić information content (AvgIpc) is 2.59. The number of benzene rings is 2. The fourth-order valence-electron chi connectivity index (χ4n) is 2.74. The number of hydrogen-bond acceptors (Lipinski definition) is 5. The first-order valence-corrected chi connectivity index (χ1v) is 7.39. The van der Waals surface area contributed by atoms with Crippen LogP contribution in [-0.4, -0.2) is 25.2 Å². The predicted molar refractivity (Wildman–Crippen MR) is 89.4 cm³/mol. The molecule has 5 nitrogen and oxygen atoms in total. The van der Waals surface area contributed by atoms with Gasteiger partial charge in [-0.1, -0.05) is 17.7 Å². The van der Waals surface area contributed by atoms with Crippen molar-refractivity contribution in [2.24, 2.45) is 0 Å². The van der Waals surface area contributed by atoms with Gasteiger partial charge in [-0.2, -0.15) is 0 Å². The minimum atomic E-state index is -1.24. The number of rotatable bonds is 4. The molecule has 0 unspecified atom stereocenters. The molecule has 0 saturated heterocycles. The van der Waals surface area contributed by atoms with Crippen LogP contribution >= 0.6 is 0 Å². The van der Waals surface area contributed by atoms with Crippen LogP contribution in [0.4, 0.5) is 0 Å². The molecule has 0 spiro atoms. The molecule has 0 N–H and O–H groups in total. The Bertz CT molecular complexity index is 934. The van der Waals surface area contributed by atoms with E-state index in [0.29, 0.717) is 33.7 Å². The fourth-order valence-corrected chi connectivity index (χ4v) is 2.74. The molecule has 0 aliphatic rings. The molecule has 24 heavy (non-hydrogen) atoms. The van der Waals surface area contributed by atoms with Crippen LogP contribution in [0.3, 0.4) is 0 Å². The number of hydrogen-bond donors (Lipinski definition) is 0. The minimum absolute atomic E-state index is 0.101. The maximum absolute atomic E-state index is 11.6. The zero-order valence-corrected chi connectivity index (χ0v) is 13.6. The number of aromatic carboxylic acids is 1. The van der Waals surface area contributed by atoms with Crippen LogP contribution in [0.5, 0.6) is 11.5 Å². The molecule has 0 saturated carbocycles. The normalized spacial score (nSPS) is 10.6. The number of carbonyl (C=O) groups is 1. The van der Waals surface area contributed by atoms with Gasteiger partial charge in [0.1, 0.15) is 0 Å². The second kappa shape index (κ2) is 6.20. The van der Waals surface area contributed by atoms with Crippen molar-refractivity contribution in [2.45, 2.75) is 6.92 Å². The van der Waals surface area contributed by atoms with Gasteiger partial charge in [0.2, 0.25) is 0 Å². The van der Waals surface area contributed by atoms with Gasteiger partial charge in [-0.15, -0.1) is 0 Å². The number of aryl methyl sites for hydroxylation is 1. The summed E-state index contributed by atoms with van der Waals surface area (Å²) in [6.45, 7) is 1.90. The Kier molecular flexibility index (Phi) is 4.08. The van der Waals surface area contributed by atoms with Crippen LogP contribution in [0, 0.1) is 6.92 Å². The Morgan fingerprint density at radius 1 is 1.08 bits per heavy atom. The van der Waals surface area contributed by atoms with E-state index in [0.717, 1.165) is 5.56 Å². The highest BCUT2D eigenvalue weighted by molar-refractivity contribution is 6.03. The third kappa shape index (κ3) is 2.65. The molecule has 0 amide bonds. The summed E-state index contributed by atoms with van der Waals surface area (Å²) < 4.78 is 10.7. The molecule has 0 aliphatic carbocycles. The summed E-state index contributed by atoms with van der Waals surface area (Å²) in [6.07, 6.45) is 0. The molecule has 0 atom stereocenters. The monoisotopic (exact) mass is 322 g/mol. The standard InChI is InChI=1S/C19H17NO4/c1-11-7-8-15-13(9-11)14(19(21)22)10-16(20-15)12-5-4-6-17(23-2)18(12)24-3/h4-10H,1-3H3,(H,21,22)/p-1. The SMILES string of the molecule is COc1cccc(-c2cc(C(=O)[O-])c3cc(C)ccc3n2)c1OC. The molecule has 1 aromatic heterocycles. The van der Waals surface area contributed by atoms with Crippen molar-refractivity contribution >= 4 is 16.9 Å². The average molecular weight is 322 g/mol. The van der Waals surface area contributed by atoms with Crippen LogP contribution in [0.25, 0.3) is 22.2 Å². The van der Waals surface area contributed by atoms with Crippen molar-refractivity contribution in [3.8, 4) is 22.8 Å². The van der Waals surface area contributed by atoms with Crippen molar-refractivity contribution < 1.29 is 19.4 Å². The number of ether oxygens (including phenoxy) is 2. The lowest BCUT2D eigenvalue weighted by atomic mass is 10.0. The summed E-state index contributed by atoms with van der Waals surface area (Å²) >= 11 is 0. The van der Waals surface area contributed by atoms with E-state index in [9.17, 15) is 9.90 Å². The lowest BCUT2D eigenvalue weighted by Gasteiger charge is -2.15. The lowest BCUT2D eigenvalue weighted by Crippen LogP contribution is -2.22. The maximum atomic E-state index is 11.6. The highest BCUT2D eigenvalue weighted by Gasteiger charge is 2.15. The zero-order valence-electron chi connectivity index (χ0n) is 13.6. The number of pyridine rings is 1. The molecule has 122 valence electrons. The molecule has 2 aromatic carbocycles. The Balaban J connectivity index is 2.32. The molecule has 0 aliphatic heterocycles. The van der Waals surface area contributed by atoms with Crippen LogP contribution < -0.4 is 14.6 Å². The smallest absolute Gasteiger partial charge is 0.170 e. The van der Waals surface area contributed by atoms with Gasteiger partial charge < -0.3 is 19.4 Å². The number of methoxy groups -OCH3 is 2. The van der Waals surface area contributed by atoms with Gasteiger partial charge in [0, 0.05) is 16.5 Å². The molecule has 0 fully saturated rings. The predicted octanol–water partition coefficient (Wildman–Crippen LogP) is 2.59. The van der Waals surface area contributed by atoms with E-state index < -0.39 is 5.97 Å². The molecule has 3 rings (SSSR count). The summed E-state index contributed by atoms with van der Waals surface area (Å²) in [5.74, 6) is -0.185. The van der Waals surface area contributed by atoms with Crippen molar-refractivity contribution in [1.29, 1.82) is 0 Å². The highest BCUT2D eigenvalue weighted by Crippen LogP contribution is 2.38. The van der Waals surface area contributed by atoms with E-state index in [4.69, 9.17) is 9.47 Å². The van der Waals surface area contributed by atoms with E-state index in [1.165, 1.54) is 13.2 Å². The second-order valence-corrected chi connectivity index (χ2v) is 5.40. The van der Waals surface area contributed by atoms with E-state index in [2.05, 4.69) is 4.98 Å². The minimum Gasteiger partial charge on any atom is -0.545 e. The summed E-state index contributed by atoms with van der Waals surface area (Å²) in [7, 11) is 3.08. The zero-order chi connectivity index (χ0) is 17.3. The first-order valence-electron chi connectivity index (χ1n) is 7.39. The molecule has 3 aromatic rings. The van der Waals surface area contributed by atoms with E-state index >= 15 is 0 Å². The largest absolute Gasteiger partial charge is 0.545 e. The van der Waals surface area contributed by atoms with Crippen LogP contribution in [0.1, 0.15) is 15.9 Å². The molecule has 1 heterocycles. The number of fused-ring (bicyclic) bond motifs is 1. The van der Waals surface area contributed by atoms with Gasteiger partial charge in [0.05, 0.1) is 31.4 Å². The Labute approximate surface area is 139 Å². The molecule has 5 heteroatoms. The quantitative estimate of drug-likeness (QED) is 0.738. The molecular formula is C19H16NO4-. The first-order chi connectivity index (χ1) is 11.5. The van der Waals surface area contributed by atoms with Crippen molar-refractivity contribution in [2.75, 3.05) is 14.2 Å². The molecule has 0 radical (unpaired) electrons. The Hall–Kier alpha value is -3.08. The summed E-state index contributed by atoms with van der Waals surface area (Å²) in [4.78, 5) is 16.2. The fraction of sp³-hybridized carbons (Fsp3) is 0.158. The van der Waals surface area contributed by atoms with Crippen molar-refractivity contribution in [1.82, 2.24) is 4.98 Å². The number of aromatic nitrogens is 1. The first kappa shape index (κ1) is 15.8. The highest BCUT2D eigenvalue weighted by atomic mass is 16.5. The molecule has 0 bridgehead atoms. The van der Waals surface area contributed by atoms with Crippen LogP contribution in [0.2, 0.25) is 0 Å². The maximum Gasteiger partial charge on any atom is 0.170 e. The summed E-state index contributed by atoms with van der Waals surface area (Å²) in [5.41, 5.74) is 2.78. The number of para-hydroxylation sites is 1. The van der Waals surface area contributed by atoms with Gasteiger partial charge >= 0.3 is 0 Å². The third-order valence-corrected chi connectivity index (χ3v) is 3.86. The van der Waals surface area contributed by atoms with Gasteiger partial charge in [0.25, 0.3) is 0 Å². The van der Waals surface area contributed by atoms with Gasteiger partial charge in [0.15, 0.2) is 11.5 Å². The lowest BCUT2D eigenvalue weighted by molar-refractivity contribution is -0.254. The van der Waals surface area contributed by atoms with Crippen molar-refractivity contribution in [3.05, 3.63) is 53.6 Å². The van der Waals surface area contributed by atoms with Crippen molar-refractivity contribution in [3.63, 3.8) is 0 Å². The Morgan fingerprint density at radius 2 is 1.88 bits per heavy atom. The number of carboxylic acids is 1. The van der Waals surface area contributed by atoms with Gasteiger partial charge in [-0.25, -0.2) is 4.98 Å².